The molecule has 3 heterocycles. The fraction of sp³-hybridized carbons (Fsp3) is 0.250. The molecule has 5 rings (SSSR count). The summed E-state index contributed by atoms with van der Waals surface area (Å²) in [6.07, 6.45) is 4.16. The minimum Gasteiger partial charge on any atom is -0.494 e. The standard InChI is InChI=1S/C24H24N4O3S/c1-2-31-20-10-8-19(9-11-20)28-14-21(17-6-4-3-5-7-17)22-23(25-16-26-24(22)28)27-18-12-13-32(29,30)15-18/h3-11,14,16,18H,2,12-13,15H2,1H3,(H,25,26,27). The zero-order valence-corrected chi connectivity index (χ0v) is 18.5. The number of fused-ring (bicyclic) bond motifs is 1. The first-order valence-corrected chi connectivity index (χ1v) is 12.5. The van der Waals surface area contributed by atoms with Crippen LogP contribution in [0, 0.1) is 0 Å². The normalized spacial score (nSPS) is 17.5. The van der Waals surface area contributed by atoms with Crippen molar-refractivity contribution in [3.63, 3.8) is 0 Å². The van der Waals surface area contributed by atoms with Crippen molar-refractivity contribution in [2.75, 3.05) is 23.4 Å². The Kier molecular flexibility index (Phi) is 5.30. The summed E-state index contributed by atoms with van der Waals surface area (Å²) < 4.78 is 31.5. The van der Waals surface area contributed by atoms with Gasteiger partial charge in [-0.25, -0.2) is 18.4 Å². The van der Waals surface area contributed by atoms with Crippen LogP contribution in [0.3, 0.4) is 0 Å². The molecule has 4 aromatic rings. The summed E-state index contributed by atoms with van der Waals surface area (Å²) in [6.45, 7) is 2.57. The van der Waals surface area contributed by atoms with Gasteiger partial charge in [0.2, 0.25) is 0 Å². The molecule has 2 aromatic carbocycles. The third kappa shape index (κ3) is 3.93. The Hall–Kier alpha value is -3.39. The molecule has 32 heavy (non-hydrogen) atoms. The maximum atomic E-state index is 12.0. The summed E-state index contributed by atoms with van der Waals surface area (Å²) in [7, 11) is -3.00. The van der Waals surface area contributed by atoms with Gasteiger partial charge in [0.05, 0.1) is 23.5 Å². The number of nitrogens with one attached hydrogen (secondary N) is 1. The van der Waals surface area contributed by atoms with Crippen LogP contribution in [-0.4, -0.2) is 47.1 Å². The summed E-state index contributed by atoms with van der Waals surface area (Å²) in [5, 5.41) is 4.25. The summed E-state index contributed by atoms with van der Waals surface area (Å²) in [5.41, 5.74) is 3.73. The molecule has 1 fully saturated rings. The lowest BCUT2D eigenvalue weighted by atomic mass is 10.1. The highest BCUT2D eigenvalue weighted by Crippen LogP contribution is 2.36. The van der Waals surface area contributed by atoms with Gasteiger partial charge in [-0.1, -0.05) is 30.3 Å². The van der Waals surface area contributed by atoms with Crippen LogP contribution in [0.2, 0.25) is 0 Å². The van der Waals surface area contributed by atoms with Crippen molar-refractivity contribution in [1.82, 2.24) is 14.5 Å². The smallest absolute Gasteiger partial charge is 0.152 e. The predicted octanol–water partition coefficient (Wildman–Crippen LogP) is 4.09. The minimum atomic E-state index is -3.00. The maximum absolute atomic E-state index is 12.0. The number of nitrogens with zero attached hydrogens (tertiary/aromatic N) is 3. The first-order valence-electron chi connectivity index (χ1n) is 10.7. The van der Waals surface area contributed by atoms with E-state index in [1.165, 1.54) is 6.33 Å². The molecular weight excluding hydrogens is 424 g/mol. The zero-order valence-electron chi connectivity index (χ0n) is 17.7. The van der Waals surface area contributed by atoms with Crippen LogP contribution in [0.4, 0.5) is 5.82 Å². The number of ether oxygens (including phenoxy) is 1. The van der Waals surface area contributed by atoms with E-state index in [-0.39, 0.29) is 17.5 Å². The quantitative estimate of drug-likeness (QED) is 0.478. The van der Waals surface area contributed by atoms with Gasteiger partial charge in [-0.3, -0.25) is 0 Å². The monoisotopic (exact) mass is 448 g/mol. The van der Waals surface area contributed by atoms with Crippen molar-refractivity contribution in [2.24, 2.45) is 0 Å². The minimum absolute atomic E-state index is 0.124. The Morgan fingerprint density at radius 2 is 1.88 bits per heavy atom. The molecule has 7 nitrogen and oxygen atoms in total. The number of sulfone groups is 1. The van der Waals surface area contributed by atoms with Crippen molar-refractivity contribution in [3.8, 4) is 22.6 Å². The fourth-order valence-corrected chi connectivity index (χ4v) is 5.85. The molecule has 1 aliphatic rings. The van der Waals surface area contributed by atoms with Gasteiger partial charge in [-0.15, -0.1) is 0 Å². The van der Waals surface area contributed by atoms with E-state index in [1.807, 2.05) is 66.1 Å². The lowest BCUT2D eigenvalue weighted by Gasteiger charge is -2.13. The molecule has 0 amide bonds. The Morgan fingerprint density at radius 1 is 1.09 bits per heavy atom. The van der Waals surface area contributed by atoms with Crippen molar-refractivity contribution in [3.05, 3.63) is 67.1 Å². The molecular formula is C24H24N4O3S. The number of benzene rings is 2. The third-order valence-electron chi connectivity index (χ3n) is 5.67. The lowest BCUT2D eigenvalue weighted by Crippen LogP contribution is -2.21. The van der Waals surface area contributed by atoms with Crippen LogP contribution in [0.5, 0.6) is 5.75 Å². The predicted molar refractivity (Wildman–Crippen MR) is 126 cm³/mol. The topological polar surface area (TPSA) is 86.1 Å². The highest BCUT2D eigenvalue weighted by atomic mass is 32.2. The van der Waals surface area contributed by atoms with Crippen LogP contribution in [0.15, 0.2) is 67.1 Å². The van der Waals surface area contributed by atoms with E-state index in [4.69, 9.17) is 4.74 Å². The number of anilines is 1. The van der Waals surface area contributed by atoms with E-state index in [1.54, 1.807) is 0 Å². The SMILES string of the molecule is CCOc1ccc(-n2cc(-c3ccccc3)c3c(NC4CCS(=O)(=O)C4)ncnc32)cc1. The fourth-order valence-electron chi connectivity index (χ4n) is 4.18. The Balaban J connectivity index is 1.64. The third-order valence-corrected chi connectivity index (χ3v) is 7.43. The van der Waals surface area contributed by atoms with Gasteiger partial charge in [0.25, 0.3) is 0 Å². The second kappa shape index (κ2) is 8.27. The first kappa shape index (κ1) is 20.5. The van der Waals surface area contributed by atoms with Crippen molar-refractivity contribution < 1.29 is 13.2 Å². The van der Waals surface area contributed by atoms with Gasteiger partial charge < -0.3 is 14.6 Å². The average Bonchev–Trinajstić information content (AvgIpc) is 3.36. The molecule has 0 bridgehead atoms. The summed E-state index contributed by atoms with van der Waals surface area (Å²) >= 11 is 0. The van der Waals surface area contributed by atoms with E-state index in [0.29, 0.717) is 18.8 Å². The van der Waals surface area contributed by atoms with Crippen LogP contribution in [-0.2, 0) is 9.84 Å². The Labute approximate surface area is 187 Å². The largest absolute Gasteiger partial charge is 0.494 e. The van der Waals surface area contributed by atoms with Crippen molar-refractivity contribution >= 4 is 26.7 Å². The molecule has 1 unspecified atom stereocenters. The van der Waals surface area contributed by atoms with E-state index < -0.39 is 9.84 Å². The van der Waals surface area contributed by atoms with Gasteiger partial charge >= 0.3 is 0 Å². The maximum Gasteiger partial charge on any atom is 0.152 e. The molecule has 1 aliphatic heterocycles. The molecule has 164 valence electrons. The van der Waals surface area contributed by atoms with Crippen LogP contribution in [0.25, 0.3) is 27.8 Å². The number of hydrogen-bond acceptors (Lipinski definition) is 6. The molecule has 2 aromatic heterocycles. The molecule has 8 heteroatoms. The van der Waals surface area contributed by atoms with E-state index in [0.717, 1.165) is 33.6 Å². The van der Waals surface area contributed by atoms with Crippen LogP contribution < -0.4 is 10.1 Å². The van der Waals surface area contributed by atoms with Gasteiger partial charge in [-0.05, 0) is 43.2 Å². The van der Waals surface area contributed by atoms with Crippen molar-refractivity contribution in [2.45, 2.75) is 19.4 Å². The Morgan fingerprint density at radius 3 is 2.56 bits per heavy atom. The summed E-state index contributed by atoms with van der Waals surface area (Å²) in [5.74, 6) is 1.80. The molecule has 1 atom stereocenters. The molecule has 0 radical (unpaired) electrons. The number of aromatic nitrogens is 3. The molecule has 0 aliphatic carbocycles. The van der Waals surface area contributed by atoms with E-state index >= 15 is 0 Å². The zero-order chi connectivity index (χ0) is 22.1. The van der Waals surface area contributed by atoms with Crippen LogP contribution >= 0.6 is 0 Å². The summed E-state index contributed by atoms with van der Waals surface area (Å²) in [4.78, 5) is 9.09. The molecule has 0 spiro atoms. The summed E-state index contributed by atoms with van der Waals surface area (Å²) in [6, 6.07) is 17.8. The van der Waals surface area contributed by atoms with E-state index in [2.05, 4.69) is 21.5 Å². The highest BCUT2D eigenvalue weighted by molar-refractivity contribution is 7.91. The van der Waals surface area contributed by atoms with Crippen molar-refractivity contribution in [1.29, 1.82) is 0 Å². The second-order valence-corrected chi connectivity index (χ2v) is 10.1. The van der Waals surface area contributed by atoms with Gasteiger partial charge in [0, 0.05) is 23.5 Å². The molecule has 0 saturated carbocycles. The first-order chi connectivity index (χ1) is 15.5. The lowest BCUT2D eigenvalue weighted by molar-refractivity contribution is 0.340. The van der Waals surface area contributed by atoms with Gasteiger partial charge in [0.15, 0.2) is 15.5 Å². The number of rotatable bonds is 6. The van der Waals surface area contributed by atoms with Crippen LogP contribution in [0.1, 0.15) is 13.3 Å². The molecule has 1 N–H and O–H groups in total. The Bertz CT molecular complexity index is 1350. The van der Waals surface area contributed by atoms with E-state index in [9.17, 15) is 8.42 Å². The highest BCUT2D eigenvalue weighted by Gasteiger charge is 2.29. The van der Waals surface area contributed by atoms with Gasteiger partial charge in [-0.2, -0.15) is 0 Å². The molecule has 1 saturated heterocycles. The average molecular weight is 449 g/mol. The number of hydrogen-bond donors (Lipinski definition) is 1. The van der Waals surface area contributed by atoms with Gasteiger partial charge in [0.1, 0.15) is 17.9 Å². The second-order valence-electron chi connectivity index (χ2n) is 7.87.